The molecule has 2 aliphatic heterocycles. The van der Waals surface area contributed by atoms with Crippen LogP contribution in [0.1, 0.15) is 38.8 Å². The van der Waals surface area contributed by atoms with E-state index >= 15 is 0 Å². The monoisotopic (exact) mass is 357 g/mol. The Bertz CT molecular complexity index is 622. The van der Waals surface area contributed by atoms with Crippen LogP contribution in [-0.4, -0.2) is 72.0 Å². The van der Waals surface area contributed by atoms with Crippen molar-refractivity contribution >= 4 is 11.7 Å². The van der Waals surface area contributed by atoms with E-state index in [1.54, 1.807) is 6.07 Å². The smallest absolute Gasteiger partial charge is 0.192 e. The highest BCUT2D eigenvalue weighted by atomic mass is 15.3. The Kier molecular flexibility index (Phi) is 6.32. The molecule has 0 aliphatic carbocycles. The Hall–Kier alpha value is -1.86. The number of pyridine rings is 1. The molecular formula is C19H31N7. The topological polar surface area (TPSA) is 82.7 Å². The number of aromatic nitrogens is 1. The quantitative estimate of drug-likeness (QED) is 0.493. The Balaban J connectivity index is 1.59. The summed E-state index contributed by atoms with van der Waals surface area (Å²) in [6.07, 6.45) is 3.68. The standard InChI is InChI=1S/C19H31N7/c1-15(2)24-11-7-16(8-12-24)25-9-4-10-26(14-13-25)18-6-3-5-17(22-18)19(20)23-21/h3,5-6,15-16,20-21H,4,7-14H2,1-2H3. The molecule has 1 aromatic rings. The van der Waals surface area contributed by atoms with Crippen molar-refractivity contribution in [1.82, 2.24) is 14.8 Å². The lowest BCUT2D eigenvalue weighted by Crippen LogP contribution is -2.47. The van der Waals surface area contributed by atoms with Crippen LogP contribution in [0, 0.1) is 10.9 Å². The fourth-order valence-corrected chi connectivity index (χ4v) is 4.09. The predicted octanol–water partition coefficient (Wildman–Crippen LogP) is 2.82. The Labute approximate surface area is 156 Å². The summed E-state index contributed by atoms with van der Waals surface area (Å²) in [6.45, 7) is 11.2. The SMILES string of the molecule is CC(C)N1CCC(N2CCCN(c3cccc(C(=N)N=N)n3)CC2)CC1. The fraction of sp³-hybridized carbons (Fsp3) is 0.684. The van der Waals surface area contributed by atoms with Crippen LogP contribution in [0.15, 0.2) is 23.3 Å². The number of hydrogen-bond acceptors (Lipinski definition) is 6. The number of nitrogens with zero attached hydrogens (tertiary/aromatic N) is 5. The van der Waals surface area contributed by atoms with E-state index < -0.39 is 0 Å². The summed E-state index contributed by atoms with van der Waals surface area (Å²) in [6, 6.07) is 7.01. The van der Waals surface area contributed by atoms with Crippen LogP contribution in [0.5, 0.6) is 0 Å². The molecule has 0 saturated carbocycles. The third kappa shape index (κ3) is 4.45. The Morgan fingerprint density at radius 1 is 1.12 bits per heavy atom. The van der Waals surface area contributed by atoms with Gasteiger partial charge < -0.3 is 9.80 Å². The van der Waals surface area contributed by atoms with Crippen molar-refractivity contribution in [3.63, 3.8) is 0 Å². The lowest BCUT2D eigenvalue weighted by molar-refractivity contribution is 0.0965. The first-order valence-electron chi connectivity index (χ1n) is 9.75. The van der Waals surface area contributed by atoms with Crippen LogP contribution in [0.2, 0.25) is 0 Å². The first-order valence-corrected chi connectivity index (χ1v) is 9.75. The van der Waals surface area contributed by atoms with Gasteiger partial charge in [-0.25, -0.2) is 10.5 Å². The molecule has 3 heterocycles. The van der Waals surface area contributed by atoms with Gasteiger partial charge in [0.2, 0.25) is 0 Å². The first kappa shape index (κ1) is 18.9. The summed E-state index contributed by atoms with van der Waals surface area (Å²) in [5.41, 5.74) is 7.49. The molecule has 0 spiro atoms. The highest BCUT2D eigenvalue weighted by molar-refractivity contribution is 5.94. The van der Waals surface area contributed by atoms with Gasteiger partial charge in [-0.3, -0.25) is 10.3 Å². The summed E-state index contributed by atoms with van der Waals surface area (Å²) in [7, 11) is 0. The van der Waals surface area contributed by atoms with Crippen LogP contribution in [0.3, 0.4) is 0 Å². The number of rotatable bonds is 4. The third-order valence-corrected chi connectivity index (χ3v) is 5.69. The van der Waals surface area contributed by atoms with Crippen LogP contribution >= 0.6 is 0 Å². The van der Waals surface area contributed by atoms with E-state index in [4.69, 9.17) is 10.9 Å². The highest BCUT2D eigenvalue weighted by Crippen LogP contribution is 2.21. The Morgan fingerprint density at radius 2 is 1.88 bits per heavy atom. The van der Waals surface area contributed by atoms with Gasteiger partial charge in [-0.05, 0) is 58.3 Å². The maximum atomic E-state index is 7.70. The molecule has 0 bridgehead atoms. The van der Waals surface area contributed by atoms with Crippen LogP contribution in [0.4, 0.5) is 5.82 Å². The molecule has 7 nitrogen and oxygen atoms in total. The van der Waals surface area contributed by atoms with Gasteiger partial charge in [-0.2, -0.15) is 0 Å². The van der Waals surface area contributed by atoms with Crippen LogP contribution in [0.25, 0.3) is 0 Å². The zero-order chi connectivity index (χ0) is 18.5. The second kappa shape index (κ2) is 8.68. The van der Waals surface area contributed by atoms with E-state index in [-0.39, 0.29) is 5.84 Å². The van der Waals surface area contributed by atoms with Gasteiger partial charge in [0.1, 0.15) is 11.5 Å². The minimum atomic E-state index is -0.0831. The van der Waals surface area contributed by atoms with E-state index in [0.29, 0.717) is 17.8 Å². The predicted molar refractivity (Wildman–Crippen MR) is 104 cm³/mol. The van der Waals surface area contributed by atoms with Gasteiger partial charge in [0.05, 0.1) is 0 Å². The summed E-state index contributed by atoms with van der Waals surface area (Å²) in [4.78, 5) is 12.1. The molecule has 1 aromatic heterocycles. The maximum Gasteiger partial charge on any atom is 0.192 e. The molecule has 142 valence electrons. The van der Waals surface area contributed by atoms with Crippen molar-refractivity contribution in [3.05, 3.63) is 23.9 Å². The lowest BCUT2D eigenvalue weighted by atomic mass is 10.0. The molecule has 0 amide bonds. The molecule has 2 aliphatic rings. The van der Waals surface area contributed by atoms with Gasteiger partial charge in [0.25, 0.3) is 0 Å². The third-order valence-electron chi connectivity index (χ3n) is 5.69. The molecule has 0 atom stereocenters. The number of piperidine rings is 1. The van der Waals surface area contributed by atoms with Crippen LogP contribution in [-0.2, 0) is 0 Å². The molecule has 2 N–H and O–H groups in total. The summed E-state index contributed by atoms with van der Waals surface area (Å²) in [5, 5.41) is 10.9. The maximum absolute atomic E-state index is 7.70. The number of hydrogen-bond donors (Lipinski definition) is 2. The fourth-order valence-electron chi connectivity index (χ4n) is 4.09. The van der Waals surface area contributed by atoms with Gasteiger partial charge in [0.15, 0.2) is 5.84 Å². The van der Waals surface area contributed by atoms with Gasteiger partial charge in [-0.1, -0.05) is 6.07 Å². The van der Waals surface area contributed by atoms with E-state index in [0.717, 1.165) is 38.4 Å². The largest absolute Gasteiger partial charge is 0.355 e. The summed E-state index contributed by atoms with van der Waals surface area (Å²) < 4.78 is 0. The molecule has 3 rings (SSSR count). The molecule has 26 heavy (non-hydrogen) atoms. The van der Waals surface area contributed by atoms with Gasteiger partial charge >= 0.3 is 0 Å². The van der Waals surface area contributed by atoms with Crippen molar-refractivity contribution in [1.29, 1.82) is 10.9 Å². The van der Waals surface area contributed by atoms with Crippen LogP contribution < -0.4 is 4.90 Å². The average molecular weight is 358 g/mol. The first-order chi connectivity index (χ1) is 12.6. The van der Waals surface area contributed by atoms with Crippen molar-refractivity contribution in [2.75, 3.05) is 44.2 Å². The zero-order valence-corrected chi connectivity index (χ0v) is 16.0. The summed E-state index contributed by atoms with van der Waals surface area (Å²) in [5.74, 6) is 0.813. The van der Waals surface area contributed by atoms with Crippen molar-refractivity contribution < 1.29 is 0 Å². The minimum Gasteiger partial charge on any atom is -0.355 e. The average Bonchev–Trinajstić information content (AvgIpc) is 2.94. The molecule has 0 aromatic carbocycles. The molecule has 7 heteroatoms. The zero-order valence-electron chi connectivity index (χ0n) is 16.0. The molecular weight excluding hydrogens is 326 g/mol. The number of nitrogens with one attached hydrogen (secondary N) is 2. The number of amidine groups is 1. The van der Waals surface area contributed by atoms with Crippen molar-refractivity contribution in [2.24, 2.45) is 5.11 Å². The second-order valence-corrected chi connectivity index (χ2v) is 7.58. The van der Waals surface area contributed by atoms with Crippen molar-refractivity contribution in [2.45, 2.75) is 45.2 Å². The van der Waals surface area contributed by atoms with Crippen molar-refractivity contribution in [3.8, 4) is 0 Å². The Morgan fingerprint density at radius 3 is 2.58 bits per heavy atom. The van der Waals surface area contributed by atoms with E-state index in [9.17, 15) is 0 Å². The van der Waals surface area contributed by atoms with E-state index in [2.05, 4.69) is 38.6 Å². The molecule has 0 radical (unpaired) electrons. The highest BCUT2D eigenvalue weighted by Gasteiger charge is 2.27. The lowest BCUT2D eigenvalue weighted by Gasteiger charge is -2.39. The normalized spacial score (nSPS) is 21.0. The van der Waals surface area contributed by atoms with Gasteiger partial charge in [-0.15, -0.1) is 5.11 Å². The molecule has 2 saturated heterocycles. The minimum absolute atomic E-state index is 0.0831. The molecule has 0 unspecified atom stereocenters. The van der Waals surface area contributed by atoms with E-state index in [1.165, 1.54) is 25.9 Å². The number of anilines is 1. The molecule has 2 fully saturated rings. The van der Waals surface area contributed by atoms with Gasteiger partial charge in [0, 0.05) is 38.3 Å². The number of likely N-dealkylation sites (tertiary alicyclic amines) is 1. The van der Waals surface area contributed by atoms with E-state index in [1.807, 2.05) is 12.1 Å². The summed E-state index contributed by atoms with van der Waals surface area (Å²) >= 11 is 0. The second-order valence-electron chi connectivity index (χ2n) is 7.58.